The Morgan fingerprint density at radius 1 is 1.11 bits per heavy atom. The summed E-state index contributed by atoms with van der Waals surface area (Å²) in [5, 5.41) is 2.69. The lowest BCUT2D eigenvalue weighted by Gasteiger charge is -2.08. The highest BCUT2D eigenvalue weighted by atomic mass is 32.2. The predicted molar refractivity (Wildman–Crippen MR) is 104 cm³/mol. The van der Waals surface area contributed by atoms with Crippen LogP contribution >= 0.6 is 0 Å². The number of oxazole rings is 1. The maximum Gasteiger partial charge on any atom is 0.277 e. The Bertz CT molecular complexity index is 1120. The standard InChI is InChI=1S/C20H19N3O4S/c1-13-18(22-20(27-13)14-6-3-2-4-7-14)19(24)21-16-8-5-9-17(12-16)28(25,26)23-15-10-11-15/h2-9,12,15,23H,10-11H2,1H3,(H,21,24). The van der Waals surface area contributed by atoms with E-state index in [4.69, 9.17) is 4.42 Å². The summed E-state index contributed by atoms with van der Waals surface area (Å²) in [6, 6.07) is 15.4. The average Bonchev–Trinajstić information content (AvgIpc) is 3.40. The molecular formula is C20H19N3O4S. The van der Waals surface area contributed by atoms with Gasteiger partial charge < -0.3 is 9.73 Å². The molecule has 1 aromatic heterocycles. The van der Waals surface area contributed by atoms with Crippen molar-refractivity contribution in [3.8, 4) is 11.5 Å². The molecule has 0 saturated heterocycles. The molecule has 1 aliphatic rings. The van der Waals surface area contributed by atoms with Crippen LogP contribution in [0.15, 0.2) is 63.9 Å². The van der Waals surface area contributed by atoms with Crippen LogP contribution in [-0.2, 0) is 10.0 Å². The topological polar surface area (TPSA) is 101 Å². The second-order valence-electron chi connectivity index (χ2n) is 6.67. The van der Waals surface area contributed by atoms with Crippen LogP contribution in [0.25, 0.3) is 11.5 Å². The molecule has 1 heterocycles. The molecule has 28 heavy (non-hydrogen) atoms. The van der Waals surface area contributed by atoms with E-state index < -0.39 is 15.9 Å². The number of amides is 1. The van der Waals surface area contributed by atoms with Crippen LogP contribution in [0, 0.1) is 6.92 Å². The Hall–Kier alpha value is -2.97. The maximum atomic E-state index is 12.6. The predicted octanol–water partition coefficient (Wildman–Crippen LogP) is 3.34. The fourth-order valence-corrected chi connectivity index (χ4v) is 4.08. The van der Waals surface area contributed by atoms with E-state index in [1.54, 1.807) is 19.1 Å². The van der Waals surface area contributed by atoms with Crippen LogP contribution in [0.3, 0.4) is 0 Å². The lowest BCUT2D eigenvalue weighted by atomic mass is 10.2. The number of hydrogen-bond acceptors (Lipinski definition) is 5. The fourth-order valence-electron chi connectivity index (χ4n) is 2.73. The van der Waals surface area contributed by atoms with Gasteiger partial charge >= 0.3 is 0 Å². The van der Waals surface area contributed by atoms with Gasteiger partial charge in [-0.2, -0.15) is 0 Å². The minimum atomic E-state index is -3.60. The molecule has 1 amide bonds. The summed E-state index contributed by atoms with van der Waals surface area (Å²) in [5.74, 6) is 0.275. The van der Waals surface area contributed by atoms with Gasteiger partial charge in [-0.05, 0) is 50.1 Å². The van der Waals surface area contributed by atoms with Crippen LogP contribution in [0.2, 0.25) is 0 Å². The van der Waals surface area contributed by atoms with E-state index >= 15 is 0 Å². The van der Waals surface area contributed by atoms with E-state index in [0.717, 1.165) is 18.4 Å². The zero-order valence-electron chi connectivity index (χ0n) is 15.2. The van der Waals surface area contributed by atoms with E-state index in [-0.39, 0.29) is 16.6 Å². The quantitative estimate of drug-likeness (QED) is 0.664. The first-order chi connectivity index (χ1) is 13.4. The SMILES string of the molecule is Cc1oc(-c2ccccc2)nc1C(=O)Nc1cccc(S(=O)(=O)NC2CC2)c1. The second kappa shape index (κ2) is 7.21. The second-order valence-corrected chi connectivity index (χ2v) is 8.38. The number of nitrogens with zero attached hydrogens (tertiary/aromatic N) is 1. The Kier molecular flexibility index (Phi) is 4.74. The number of rotatable bonds is 6. The summed E-state index contributed by atoms with van der Waals surface area (Å²) in [7, 11) is -3.60. The summed E-state index contributed by atoms with van der Waals surface area (Å²) in [5.41, 5.74) is 1.29. The van der Waals surface area contributed by atoms with Crippen LogP contribution in [0.4, 0.5) is 5.69 Å². The number of sulfonamides is 1. The zero-order valence-corrected chi connectivity index (χ0v) is 16.0. The molecule has 0 radical (unpaired) electrons. The van der Waals surface area contributed by atoms with E-state index in [1.165, 1.54) is 12.1 Å². The number of hydrogen-bond donors (Lipinski definition) is 2. The first-order valence-electron chi connectivity index (χ1n) is 8.89. The van der Waals surface area contributed by atoms with Gasteiger partial charge in [0.1, 0.15) is 5.76 Å². The smallest absolute Gasteiger partial charge is 0.277 e. The Morgan fingerprint density at radius 2 is 1.86 bits per heavy atom. The summed E-state index contributed by atoms with van der Waals surface area (Å²) in [6.45, 7) is 1.66. The highest BCUT2D eigenvalue weighted by molar-refractivity contribution is 7.89. The van der Waals surface area contributed by atoms with Crippen molar-refractivity contribution in [2.45, 2.75) is 30.7 Å². The molecular weight excluding hydrogens is 378 g/mol. The normalized spacial score (nSPS) is 14.0. The molecule has 144 valence electrons. The Balaban J connectivity index is 1.54. The number of anilines is 1. The summed E-state index contributed by atoms with van der Waals surface area (Å²) in [4.78, 5) is 17.0. The third-order valence-corrected chi connectivity index (χ3v) is 5.85. The molecule has 8 heteroatoms. The van der Waals surface area contributed by atoms with Crippen LogP contribution in [-0.4, -0.2) is 25.4 Å². The molecule has 1 saturated carbocycles. The van der Waals surface area contributed by atoms with Gasteiger partial charge in [-0.15, -0.1) is 0 Å². The molecule has 4 rings (SSSR count). The lowest BCUT2D eigenvalue weighted by molar-refractivity contribution is 0.102. The van der Waals surface area contributed by atoms with Crippen molar-refractivity contribution in [2.24, 2.45) is 0 Å². The molecule has 1 fully saturated rings. The van der Waals surface area contributed by atoms with Crippen LogP contribution in [0.5, 0.6) is 0 Å². The number of nitrogens with one attached hydrogen (secondary N) is 2. The number of carbonyl (C=O) groups excluding carboxylic acids is 1. The first-order valence-corrected chi connectivity index (χ1v) is 10.4. The highest BCUT2D eigenvalue weighted by Crippen LogP contribution is 2.24. The van der Waals surface area contributed by atoms with Gasteiger partial charge in [0, 0.05) is 17.3 Å². The van der Waals surface area contributed by atoms with E-state index in [0.29, 0.717) is 17.3 Å². The van der Waals surface area contributed by atoms with Crippen LogP contribution < -0.4 is 10.0 Å². The lowest BCUT2D eigenvalue weighted by Crippen LogP contribution is -2.25. The first kappa shape index (κ1) is 18.4. The van der Waals surface area contributed by atoms with Crippen molar-refractivity contribution < 1.29 is 17.6 Å². The van der Waals surface area contributed by atoms with Gasteiger partial charge in [-0.3, -0.25) is 4.79 Å². The highest BCUT2D eigenvalue weighted by Gasteiger charge is 2.28. The van der Waals surface area contributed by atoms with Crippen LogP contribution in [0.1, 0.15) is 29.1 Å². The monoisotopic (exact) mass is 397 g/mol. The molecule has 1 aliphatic carbocycles. The van der Waals surface area contributed by atoms with Gasteiger partial charge in [0.2, 0.25) is 15.9 Å². The maximum absolute atomic E-state index is 12.6. The molecule has 0 aliphatic heterocycles. The molecule has 2 N–H and O–H groups in total. The van der Waals surface area contributed by atoms with Gasteiger partial charge in [-0.1, -0.05) is 24.3 Å². The number of benzene rings is 2. The number of carbonyl (C=O) groups is 1. The van der Waals surface area contributed by atoms with Gasteiger partial charge in [0.05, 0.1) is 4.90 Å². The molecule has 0 spiro atoms. The van der Waals surface area contributed by atoms with Crippen molar-refractivity contribution in [3.63, 3.8) is 0 Å². The number of aryl methyl sites for hydroxylation is 1. The molecule has 2 aromatic carbocycles. The molecule has 0 atom stereocenters. The molecule has 7 nitrogen and oxygen atoms in total. The largest absolute Gasteiger partial charge is 0.441 e. The zero-order chi connectivity index (χ0) is 19.7. The van der Waals surface area contributed by atoms with E-state index in [2.05, 4.69) is 15.0 Å². The van der Waals surface area contributed by atoms with Crippen molar-refractivity contribution in [3.05, 3.63) is 66.1 Å². The summed E-state index contributed by atoms with van der Waals surface area (Å²) < 4.78 is 32.9. The van der Waals surface area contributed by atoms with E-state index in [1.807, 2.05) is 30.3 Å². The van der Waals surface area contributed by atoms with Crippen molar-refractivity contribution in [1.29, 1.82) is 0 Å². The third kappa shape index (κ3) is 3.97. The number of aromatic nitrogens is 1. The van der Waals surface area contributed by atoms with Gasteiger partial charge in [0.25, 0.3) is 5.91 Å². The van der Waals surface area contributed by atoms with Crippen molar-refractivity contribution >= 4 is 21.6 Å². The summed E-state index contributed by atoms with van der Waals surface area (Å²) in [6.07, 6.45) is 1.70. The fraction of sp³-hybridized carbons (Fsp3) is 0.200. The molecule has 0 bridgehead atoms. The third-order valence-electron chi connectivity index (χ3n) is 4.33. The minimum Gasteiger partial charge on any atom is -0.441 e. The minimum absolute atomic E-state index is 0.0115. The Labute approximate surface area is 162 Å². The summed E-state index contributed by atoms with van der Waals surface area (Å²) >= 11 is 0. The Morgan fingerprint density at radius 3 is 2.57 bits per heavy atom. The van der Waals surface area contributed by atoms with Crippen molar-refractivity contribution in [1.82, 2.24) is 9.71 Å². The van der Waals surface area contributed by atoms with Crippen molar-refractivity contribution in [2.75, 3.05) is 5.32 Å². The average molecular weight is 397 g/mol. The molecule has 0 unspecified atom stereocenters. The molecule has 3 aromatic rings. The van der Waals surface area contributed by atoms with E-state index in [9.17, 15) is 13.2 Å². The van der Waals surface area contributed by atoms with Gasteiger partial charge in [0.15, 0.2) is 5.69 Å². The van der Waals surface area contributed by atoms with Gasteiger partial charge in [-0.25, -0.2) is 18.1 Å².